The van der Waals surface area contributed by atoms with E-state index in [1.165, 1.54) is 24.1 Å². The molecular weight excluding hydrogens is 367 g/mol. The Morgan fingerprint density at radius 2 is 1.79 bits per heavy atom. The zero-order valence-corrected chi connectivity index (χ0v) is 17.2. The number of hydrogen-bond donors (Lipinski definition) is 1. The number of carbonyl (C=O) groups excluding carboxylic acids is 1. The van der Waals surface area contributed by atoms with Gasteiger partial charge in [0.15, 0.2) is 0 Å². The second-order valence-electron chi connectivity index (χ2n) is 8.56. The highest BCUT2D eigenvalue weighted by Gasteiger charge is 2.31. The van der Waals surface area contributed by atoms with Crippen LogP contribution in [0, 0.1) is 12.7 Å². The van der Waals surface area contributed by atoms with Gasteiger partial charge in [0, 0.05) is 12.2 Å². The van der Waals surface area contributed by atoms with E-state index in [0.29, 0.717) is 6.04 Å². The number of piperidine rings is 1. The maximum Gasteiger partial charge on any atom is 0.242 e. The van der Waals surface area contributed by atoms with Gasteiger partial charge >= 0.3 is 0 Å². The van der Waals surface area contributed by atoms with Gasteiger partial charge in [-0.25, -0.2) is 4.39 Å². The van der Waals surface area contributed by atoms with Gasteiger partial charge in [-0.1, -0.05) is 18.6 Å². The summed E-state index contributed by atoms with van der Waals surface area (Å²) in [7, 11) is 0. The molecule has 1 aromatic carbocycles. The number of halogens is 1. The van der Waals surface area contributed by atoms with Crippen LogP contribution in [0.2, 0.25) is 0 Å². The van der Waals surface area contributed by atoms with E-state index in [4.69, 9.17) is 0 Å². The van der Waals surface area contributed by atoms with Crippen LogP contribution in [0.3, 0.4) is 0 Å². The average Bonchev–Trinajstić information content (AvgIpc) is 3.17. The molecule has 156 valence electrons. The third-order valence-electron chi connectivity index (χ3n) is 6.34. The molecule has 2 aliphatic rings. The molecule has 5 nitrogen and oxygen atoms in total. The first-order valence-electron chi connectivity index (χ1n) is 10.9. The summed E-state index contributed by atoms with van der Waals surface area (Å²) in [5, 5.41) is 7.76. The number of nitrogens with one attached hydrogen (secondary N) is 1. The van der Waals surface area contributed by atoms with E-state index in [-0.39, 0.29) is 23.8 Å². The Kier molecular flexibility index (Phi) is 6.28. The number of likely N-dealkylation sites (tertiary alicyclic amines) is 1. The van der Waals surface area contributed by atoms with Gasteiger partial charge in [-0.15, -0.1) is 0 Å². The molecule has 0 radical (unpaired) electrons. The predicted octanol–water partition coefficient (Wildman–Crippen LogP) is 4.16. The lowest BCUT2D eigenvalue weighted by molar-refractivity contribution is -0.128. The smallest absolute Gasteiger partial charge is 0.242 e. The number of rotatable bonds is 5. The van der Waals surface area contributed by atoms with Crippen molar-refractivity contribution in [1.29, 1.82) is 0 Å². The molecule has 4 rings (SSSR count). The summed E-state index contributed by atoms with van der Waals surface area (Å²) < 4.78 is 15.5. The lowest BCUT2D eigenvalue weighted by Gasteiger charge is -2.36. The molecule has 0 bridgehead atoms. The van der Waals surface area contributed by atoms with Gasteiger partial charge < -0.3 is 5.32 Å². The van der Waals surface area contributed by atoms with Gasteiger partial charge in [0.05, 0.1) is 12.2 Å². The summed E-state index contributed by atoms with van der Waals surface area (Å²) in [6.07, 6.45) is 11.4. The first-order valence-corrected chi connectivity index (χ1v) is 10.9. The van der Waals surface area contributed by atoms with Gasteiger partial charge in [-0.3, -0.25) is 14.4 Å². The standard InChI is InChI=1S/C23H31FN4O/c1-17-15-25-28(16-17)21-11-9-20(10-12-21)26-23(29)22(27-13-3-2-4-14-27)18-5-7-19(24)8-6-18/h5-8,15-16,20-22H,2-4,9-14H2,1H3,(H,26,29). The van der Waals surface area contributed by atoms with Crippen molar-refractivity contribution in [3.63, 3.8) is 0 Å². The topological polar surface area (TPSA) is 50.2 Å². The van der Waals surface area contributed by atoms with Gasteiger partial charge in [0.2, 0.25) is 5.91 Å². The molecule has 1 aliphatic heterocycles. The normalized spacial score (nSPS) is 24.2. The van der Waals surface area contributed by atoms with Crippen molar-refractivity contribution in [3.05, 3.63) is 53.6 Å². The van der Waals surface area contributed by atoms with Crippen LogP contribution in [0.15, 0.2) is 36.7 Å². The van der Waals surface area contributed by atoms with E-state index in [9.17, 15) is 9.18 Å². The van der Waals surface area contributed by atoms with E-state index in [1.54, 1.807) is 12.1 Å². The number of amides is 1. The van der Waals surface area contributed by atoms with Crippen LogP contribution in [0.5, 0.6) is 0 Å². The van der Waals surface area contributed by atoms with Crippen molar-refractivity contribution in [2.45, 2.75) is 70.0 Å². The molecule has 1 atom stereocenters. The summed E-state index contributed by atoms with van der Waals surface area (Å²) in [5.41, 5.74) is 2.07. The molecule has 1 aliphatic carbocycles. The summed E-state index contributed by atoms with van der Waals surface area (Å²) >= 11 is 0. The maximum atomic E-state index is 13.4. The Hall–Kier alpha value is -2.21. The third-order valence-corrected chi connectivity index (χ3v) is 6.34. The number of aryl methyl sites for hydroxylation is 1. The van der Waals surface area contributed by atoms with E-state index >= 15 is 0 Å². The molecule has 1 saturated heterocycles. The molecule has 1 amide bonds. The molecule has 1 saturated carbocycles. The Morgan fingerprint density at radius 1 is 1.10 bits per heavy atom. The summed E-state index contributed by atoms with van der Waals surface area (Å²) in [4.78, 5) is 15.5. The fraction of sp³-hybridized carbons (Fsp3) is 0.565. The summed E-state index contributed by atoms with van der Waals surface area (Å²) in [6.45, 7) is 3.90. The van der Waals surface area contributed by atoms with Crippen LogP contribution in [0.1, 0.15) is 68.2 Å². The second-order valence-corrected chi connectivity index (χ2v) is 8.56. The van der Waals surface area contributed by atoms with Crippen LogP contribution < -0.4 is 5.32 Å². The highest BCUT2D eigenvalue weighted by Crippen LogP contribution is 2.30. The van der Waals surface area contributed by atoms with Crippen LogP contribution in [0.25, 0.3) is 0 Å². The Balaban J connectivity index is 1.40. The lowest BCUT2D eigenvalue weighted by atomic mass is 9.90. The van der Waals surface area contributed by atoms with Crippen molar-refractivity contribution in [2.75, 3.05) is 13.1 Å². The fourth-order valence-electron chi connectivity index (χ4n) is 4.75. The molecule has 2 heterocycles. The minimum absolute atomic E-state index is 0.0527. The fourth-order valence-corrected chi connectivity index (χ4v) is 4.75. The van der Waals surface area contributed by atoms with Crippen LogP contribution in [-0.4, -0.2) is 39.7 Å². The van der Waals surface area contributed by atoms with E-state index in [0.717, 1.165) is 57.2 Å². The van der Waals surface area contributed by atoms with Crippen molar-refractivity contribution in [2.24, 2.45) is 0 Å². The molecule has 6 heteroatoms. The first-order chi connectivity index (χ1) is 14.1. The molecule has 1 unspecified atom stereocenters. The zero-order chi connectivity index (χ0) is 20.2. The van der Waals surface area contributed by atoms with E-state index < -0.39 is 0 Å². The highest BCUT2D eigenvalue weighted by atomic mass is 19.1. The highest BCUT2D eigenvalue weighted by molar-refractivity contribution is 5.83. The number of nitrogens with zero attached hydrogens (tertiary/aromatic N) is 3. The quantitative estimate of drug-likeness (QED) is 0.823. The second kappa shape index (κ2) is 9.08. The minimum Gasteiger partial charge on any atom is -0.352 e. The van der Waals surface area contributed by atoms with Crippen LogP contribution in [0.4, 0.5) is 4.39 Å². The zero-order valence-electron chi connectivity index (χ0n) is 17.2. The molecule has 2 aromatic rings. The SMILES string of the molecule is Cc1cnn(C2CCC(NC(=O)C(c3ccc(F)cc3)N3CCCCC3)CC2)c1. The number of aromatic nitrogens is 2. The van der Waals surface area contributed by atoms with Crippen LogP contribution in [-0.2, 0) is 4.79 Å². The van der Waals surface area contributed by atoms with Gasteiger partial charge in [0.25, 0.3) is 0 Å². The minimum atomic E-state index is -0.331. The molecule has 1 N–H and O–H groups in total. The van der Waals surface area contributed by atoms with E-state index in [2.05, 4.69) is 33.1 Å². The van der Waals surface area contributed by atoms with Crippen molar-refractivity contribution in [1.82, 2.24) is 20.0 Å². The molecule has 0 spiro atoms. The van der Waals surface area contributed by atoms with Crippen molar-refractivity contribution >= 4 is 5.91 Å². The number of carbonyl (C=O) groups is 1. The molecule has 29 heavy (non-hydrogen) atoms. The van der Waals surface area contributed by atoms with Gasteiger partial charge in [-0.2, -0.15) is 5.10 Å². The molecular formula is C23H31FN4O. The summed E-state index contributed by atoms with van der Waals surface area (Å²) in [6, 6.07) is 6.71. The number of benzene rings is 1. The lowest BCUT2D eigenvalue weighted by Crippen LogP contribution is -2.47. The molecule has 2 fully saturated rings. The van der Waals surface area contributed by atoms with E-state index in [1.807, 2.05) is 6.20 Å². The Morgan fingerprint density at radius 3 is 2.41 bits per heavy atom. The molecule has 1 aromatic heterocycles. The van der Waals surface area contributed by atoms with Crippen molar-refractivity contribution in [3.8, 4) is 0 Å². The first kappa shape index (κ1) is 20.1. The number of hydrogen-bond acceptors (Lipinski definition) is 3. The van der Waals surface area contributed by atoms with Crippen LogP contribution >= 0.6 is 0 Å². The Labute approximate surface area is 172 Å². The van der Waals surface area contributed by atoms with Crippen molar-refractivity contribution < 1.29 is 9.18 Å². The average molecular weight is 399 g/mol. The monoisotopic (exact) mass is 398 g/mol. The third kappa shape index (κ3) is 4.86. The predicted molar refractivity (Wildman–Crippen MR) is 111 cm³/mol. The van der Waals surface area contributed by atoms with Gasteiger partial charge in [0.1, 0.15) is 11.9 Å². The largest absolute Gasteiger partial charge is 0.352 e. The summed E-state index contributed by atoms with van der Waals surface area (Å²) in [5.74, 6) is -0.212. The Bertz CT molecular complexity index is 805. The van der Waals surface area contributed by atoms with Gasteiger partial charge in [-0.05, 0) is 81.8 Å². The maximum absolute atomic E-state index is 13.4.